The van der Waals surface area contributed by atoms with Gasteiger partial charge in [-0.05, 0) is 41.3 Å². The summed E-state index contributed by atoms with van der Waals surface area (Å²) in [7, 11) is 0. The summed E-state index contributed by atoms with van der Waals surface area (Å²) in [5.74, 6) is 0.601. The van der Waals surface area contributed by atoms with E-state index in [1.54, 1.807) is 11.8 Å². The highest BCUT2D eigenvalue weighted by molar-refractivity contribution is 7.98. The Morgan fingerprint density at radius 2 is 1.89 bits per heavy atom. The van der Waals surface area contributed by atoms with Gasteiger partial charge in [-0.15, -0.1) is 23.1 Å². The molecule has 1 unspecified atom stereocenters. The summed E-state index contributed by atoms with van der Waals surface area (Å²) in [4.78, 5) is 2.75. The molecule has 1 heterocycles. The monoisotopic (exact) mass is 291 g/mol. The van der Waals surface area contributed by atoms with Crippen molar-refractivity contribution in [3.8, 4) is 0 Å². The minimum Gasteiger partial charge on any atom is -0.305 e. The van der Waals surface area contributed by atoms with Crippen molar-refractivity contribution in [2.24, 2.45) is 5.92 Å². The summed E-state index contributed by atoms with van der Waals surface area (Å²) in [6.45, 7) is 5.47. The minimum atomic E-state index is 0.445. The molecular formula is C16H21NS2. The van der Waals surface area contributed by atoms with E-state index < -0.39 is 0 Å². The lowest BCUT2D eigenvalue weighted by Crippen LogP contribution is -2.24. The zero-order valence-electron chi connectivity index (χ0n) is 11.7. The Morgan fingerprint density at radius 1 is 1.16 bits per heavy atom. The Bertz CT molecular complexity index is 474. The number of thioether (sulfide) groups is 1. The highest BCUT2D eigenvalue weighted by Gasteiger charge is 2.15. The van der Waals surface area contributed by atoms with Crippen LogP contribution in [0.1, 0.15) is 30.3 Å². The molecular weight excluding hydrogens is 270 g/mol. The second-order valence-electron chi connectivity index (χ2n) is 4.97. The van der Waals surface area contributed by atoms with Gasteiger partial charge in [0.2, 0.25) is 0 Å². The molecule has 0 saturated heterocycles. The zero-order valence-corrected chi connectivity index (χ0v) is 13.4. The van der Waals surface area contributed by atoms with Crippen molar-refractivity contribution < 1.29 is 0 Å². The number of thiophene rings is 1. The van der Waals surface area contributed by atoms with E-state index in [9.17, 15) is 0 Å². The average molecular weight is 291 g/mol. The summed E-state index contributed by atoms with van der Waals surface area (Å²) in [5.41, 5.74) is 1.35. The van der Waals surface area contributed by atoms with Crippen molar-refractivity contribution in [3.05, 3.63) is 52.2 Å². The van der Waals surface area contributed by atoms with Crippen molar-refractivity contribution in [1.82, 2.24) is 5.32 Å². The molecule has 3 heteroatoms. The van der Waals surface area contributed by atoms with Gasteiger partial charge in [-0.3, -0.25) is 0 Å². The Balaban J connectivity index is 1.98. The molecule has 0 saturated carbocycles. The maximum atomic E-state index is 3.68. The normalized spacial score (nSPS) is 12.8. The molecule has 1 atom stereocenters. The van der Waals surface area contributed by atoms with Crippen molar-refractivity contribution in [2.45, 2.75) is 31.3 Å². The number of rotatable bonds is 6. The lowest BCUT2D eigenvalue weighted by molar-refractivity contribution is 0.416. The van der Waals surface area contributed by atoms with Gasteiger partial charge in [0.25, 0.3) is 0 Å². The molecule has 0 radical (unpaired) electrons. The third-order valence-electron chi connectivity index (χ3n) is 3.20. The van der Waals surface area contributed by atoms with Gasteiger partial charge < -0.3 is 5.32 Å². The van der Waals surface area contributed by atoms with Gasteiger partial charge in [0.15, 0.2) is 0 Å². The largest absolute Gasteiger partial charge is 0.305 e. The van der Waals surface area contributed by atoms with Gasteiger partial charge in [0.1, 0.15) is 0 Å². The van der Waals surface area contributed by atoms with Crippen molar-refractivity contribution in [2.75, 3.05) is 6.26 Å². The molecule has 0 amide bonds. The molecule has 0 spiro atoms. The molecule has 1 N–H and O–H groups in total. The van der Waals surface area contributed by atoms with Gasteiger partial charge >= 0.3 is 0 Å². The number of benzene rings is 1. The zero-order chi connectivity index (χ0) is 13.7. The molecule has 0 aliphatic heterocycles. The highest BCUT2D eigenvalue weighted by atomic mass is 32.2. The van der Waals surface area contributed by atoms with E-state index in [1.807, 2.05) is 11.3 Å². The van der Waals surface area contributed by atoms with E-state index >= 15 is 0 Å². The summed E-state index contributed by atoms with van der Waals surface area (Å²) in [6.07, 6.45) is 2.11. The third kappa shape index (κ3) is 4.10. The molecule has 2 rings (SSSR count). The first-order valence-corrected chi connectivity index (χ1v) is 8.71. The maximum absolute atomic E-state index is 3.68. The van der Waals surface area contributed by atoms with E-state index in [0.717, 1.165) is 6.54 Å². The van der Waals surface area contributed by atoms with Gasteiger partial charge in [-0.25, -0.2) is 0 Å². The minimum absolute atomic E-state index is 0.445. The second-order valence-corrected chi connectivity index (χ2v) is 6.83. The quantitative estimate of drug-likeness (QED) is 0.755. The molecule has 0 fully saturated rings. The summed E-state index contributed by atoms with van der Waals surface area (Å²) < 4.78 is 0. The maximum Gasteiger partial charge on any atom is 0.0440 e. The topological polar surface area (TPSA) is 12.0 Å². The molecule has 0 aliphatic rings. The van der Waals surface area contributed by atoms with Crippen LogP contribution in [0.15, 0.2) is 46.7 Å². The molecule has 0 bridgehead atoms. The van der Waals surface area contributed by atoms with E-state index in [2.05, 4.69) is 67.2 Å². The first kappa shape index (κ1) is 14.6. The standard InChI is InChI=1S/C16H21NS2/c1-12(2)16(15-5-4-10-19-15)17-11-13-6-8-14(18-3)9-7-13/h4-10,12,16-17H,11H2,1-3H3. The lowest BCUT2D eigenvalue weighted by Gasteiger charge is -2.21. The number of hydrogen-bond donors (Lipinski definition) is 1. The van der Waals surface area contributed by atoms with Crippen molar-refractivity contribution in [3.63, 3.8) is 0 Å². The molecule has 1 aromatic heterocycles. The van der Waals surface area contributed by atoms with Gasteiger partial charge in [-0.2, -0.15) is 0 Å². The molecule has 1 nitrogen and oxygen atoms in total. The number of hydrogen-bond acceptors (Lipinski definition) is 3. The average Bonchev–Trinajstić information content (AvgIpc) is 2.93. The fraction of sp³-hybridized carbons (Fsp3) is 0.375. The van der Waals surface area contributed by atoms with Gasteiger partial charge in [-0.1, -0.05) is 32.0 Å². The number of nitrogens with one attached hydrogen (secondary N) is 1. The van der Waals surface area contributed by atoms with Gasteiger partial charge in [0, 0.05) is 22.4 Å². The first-order chi connectivity index (χ1) is 9.20. The van der Waals surface area contributed by atoms with Crippen LogP contribution in [0.2, 0.25) is 0 Å². The predicted molar refractivity (Wildman–Crippen MR) is 87.0 cm³/mol. The van der Waals surface area contributed by atoms with Crippen LogP contribution in [0.5, 0.6) is 0 Å². The Hall–Kier alpha value is -0.770. The molecule has 0 aliphatic carbocycles. The second kappa shape index (κ2) is 7.13. The van der Waals surface area contributed by atoms with Crippen LogP contribution >= 0.6 is 23.1 Å². The molecule has 1 aromatic carbocycles. The third-order valence-corrected chi connectivity index (χ3v) is 4.90. The van der Waals surface area contributed by atoms with Crippen LogP contribution in [-0.2, 0) is 6.54 Å². The highest BCUT2D eigenvalue weighted by Crippen LogP contribution is 2.26. The van der Waals surface area contributed by atoms with E-state index in [4.69, 9.17) is 0 Å². The van der Waals surface area contributed by atoms with Crippen LogP contribution in [0.25, 0.3) is 0 Å². The summed E-state index contributed by atoms with van der Waals surface area (Å²) >= 11 is 3.62. The SMILES string of the molecule is CSc1ccc(CNC(c2cccs2)C(C)C)cc1. The van der Waals surface area contributed by atoms with Crippen LogP contribution in [0.3, 0.4) is 0 Å². The summed E-state index contributed by atoms with van der Waals surface area (Å²) in [5, 5.41) is 5.83. The van der Waals surface area contributed by atoms with Crippen molar-refractivity contribution >= 4 is 23.1 Å². The smallest absolute Gasteiger partial charge is 0.0440 e. The van der Waals surface area contributed by atoms with Crippen molar-refractivity contribution in [1.29, 1.82) is 0 Å². The molecule has 19 heavy (non-hydrogen) atoms. The van der Waals surface area contributed by atoms with Gasteiger partial charge in [0.05, 0.1) is 0 Å². The Morgan fingerprint density at radius 3 is 2.42 bits per heavy atom. The lowest BCUT2D eigenvalue weighted by atomic mass is 10.0. The van der Waals surface area contributed by atoms with Crippen LogP contribution in [0, 0.1) is 5.92 Å². The van der Waals surface area contributed by atoms with E-state index in [0.29, 0.717) is 12.0 Å². The first-order valence-electron chi connectivity index (χ1n) is 6.60. The van der Waals surface area contributed by atoms with Crippen LogP contribution in [0.4, 0.5) is 0 Å². The fourth-order valence-electron chi connectivity index (χ4n) is 2.10. The van der Waals surface area contributed by atoms with E-state index in [-0.39, 0.29) is 0 Å². The summed E-state index contributed by atoms with van der Waals surface area (Å²) in [6, 6.07) is 13.6. The molecule has 2 aromatic rings. The van der Waals surface area contributed by atoms with E-state index in [1.165, 1.54) is 15.3 Å². The molecule has 102 valence electrons. The Kier molecular flexibility index (Phi) is 5.49. The van der Waals surface area contributed by atoms with Crippen LogP contribution < -0.4 is 5.32 Å². The van der Waals surface area contributed by atoms with Crippen LogP contribution in [-0.4, -0.2) is 6.26 Å². The predicted octanol–water partition coefficient (Wildman–Crippen LogP) is 4.96. The fourth-order valence-corrected chi connectivity index (χ4v) is 3.49. The Labute approximate surface area is 124 Å².